The standard InChI is InChI=1S/C12H8ClF2N3S/c13-6-1-2-7(14)8(9(6)15)12-3-5(12)10-16-17-11(19)18(10)4-12/h1-2,5H,3-4H2,(H,17,19)/t5-,12-/m0/s1. The molecule has 2 aliphatic rings. The zero-order valence-corrected chi connectivity index (χ0v) is 11.2. The van der Waals surface area contributed by atoms with Gasteiger partial charge in [-0.15, -0.1) is 0 Å². The molecule has 1 N–H and O–H groups in total. The Morgan fingerprint density at radius 1 is 1.47 bits per heavy atom. The summed E-state index contributed by atoms with van der Waals surface area (Å²) in [4.78, 5) is 0. The summed E-state index contributed by atoms with van der Waals surface area (Å²) in [5.41, 5.74) is -0.491. The molecule has 0 spiro atoms. The first-order chi connectivity index (χ1) is 9.04. The second-order valence-electron chi connectivity index (χ2n) is 5.10. The summed E-state index contributed by atoms with van der Waals surface area (Å²) in [6.07, 6.45) is 0.681. The molecule has 0 bridgehead atoms. The van der Waals surface area contributed by atoms with Gasteiger partial charge in [0.15, 0.2) is 4.77 Å². The summed E-state index contributed by atoms with van der Waals surface area (Å²) in [7, 11) is 0. The van der Waals surface area contributed by atoms with Gasteiger partial charge in [0, 0.05) is 23.4 Å². The van der Waals surface area contributed by atoms with E-state index >= 15 is 0 Å². The van der Waals surface area contributed by atoms with E-state index in [0.29, 0.717) is 17.7 Å². The minimum atomic E-state index is -0.662. The molecule has 0 unspecified atom stereocenters. The number of aromatic amines is 1. The van der Waals surface area contributed by atoms with Crippen molar-refractivity contribution in [2.75, 3.05) is 0 Å². The molecule has 1 saturated carbocycles. The van der Waals surface area contributed by atoms with Crippen molar-refractivity contribution in [1.82, 2.24) is 14.8 Å². The second kappa shape index (κ2) is 3.43. The van der Waals surface area contributed by atoms with Crippen LogP contribution in [0, 0.1) is 16.4 Å². The van der Waals surface area contributed by atoms with Crippen molar-refractivity contribution in [3.63, 3.8) is 0 Å². The van der Waals surface area contributed by atoms with Gasteiger partial charge in [-0.1, -0.05) is 11.6 Å². The van der Waals surface area contributed by atoms with Gasteiger partial charge >= 0.3 is 0 Å². The molecule has 2 atom stereocenters. The first-order valence-corrected chi connectivity index (χ1v) is 6.62. The Bertz CT molecular complexity index is 769. The van der Waals surface area contributed by atoms with E-state index in [1.54, 1.807) is 0 Å². The summed E-state index contributed by atoms with van der Waals surface area (Å²) < 4.78 is 30.5. The van der Waals surface area contributed by atoms with Gasteiger partial charge < -0.3 is 4.57 Å². The van der Waals surface area contributed by atoms with Crippen LogP contribution in [0.1, 0.15) is 23.7 Å². The number of hydrogen-bond donors (Lipinski definition) is 1. The second-order valence-corrected chi connectivity index (χ2v) is 5.90. The fraction of sp³-hybridized carbons (Fsp3) is 0.333. The SMILES string of the molecule is Fc1ccc(Cl)c(F)c1[C@]12C[C@H]1c1n[nH]c(=S)n1C2. The molecule has 1 fully saturated rings. The van der Waals surface area contributed by atoms with E-state index in [4.69, 9.17) is 23.8 Å². The Morgan fingerprint density at radius 3 is 3.00 bits per heavy atom. The lowest BCUT2D eigenvalue weighted by Gasteiger charge is -2.15. The molecule has 7 heteroatoms. The van der Waals surface area contributed by atoms with Crippen molar-refractivity contribution in [2.45, 2.75) is 24.3 Å². The molecule has 0 radical (unpaired) electrons. The van der Waals surface area contributed by atoms with Crippen LogP contribution in [0.15, 0.2) is 12.1 Å². The summed E-state index contributed by atoms with van der Waals surface area (Å²) in [5, 5.41) is 6.80. The number of fused-ring (bicyclic) bond motifs is 3. The Morgan fingerprint density at radius 2 is 2.26 bits per heavy atom. The van der Waals surface area contributed by atoms with E-state index < -0.39 is 17.0 Å². The minimum Gasteiger partial charge on any atom is -0.303 e. The van der Waals surface area contributed by atoms with Crippen LogP contribution < -0.4 is 0 Å². The zero-order valence-electron chi connectivity index (χ0n) is 9.58. The highest BCUT2D eigenvalue weighted by atomic mass is 35.5. The lowest BCUT2D eigenvalue weighted by atomic mass is 9.93. The van der Waals surface area contributed by atoms with Crippen molar-refractivity contribution in [3.8, 4) is 0 Å². The quantitative estimate of drug-likeness (QED) is 0.647. The average molecular weight is 300 g/mol. The number of H-pyrrole nitrogens is 1. The van der Waals surface area contributed by atoms with Crippen molar-refractivity contribution in [1.29, 1.82) is 0 Å². The van der Waals surface area contributed by atoms with Gasteiger partial charge in [-0.2, -0.15) is 5.10 Å². The third kappa shape index (κ3) is 1.31. The molecule has 98 valence electrons. The van der Waals surface area contributed by atoms with Gasteiger partial charge in [-0.25, -0.2) is 8.78 Å². The Kier molecular flexibility index (Phi) is 2.09. The van der Waals surface area contributed by atoms with Crippen LogP contribution in [-0.2, 0) is 12.0 Å². The van der Waals surface area contributed by atoms with Crippen LogP contribution in [0.4, 0.5) is 8.78 Å². The molecular formula is C12H8ClF2N3S. The predicted molar refractivity (Wildman–Crippen MR) is 67.8 cm³/mol. The topological polar surface area (TPSA) is 33.6 Å². The molecule has 4 rings (SSSR count). The molecule has 2 heterocycles. The van der Waals surface area contributed by atoms with E-state index in [9.17, 15) is 8.78 Å². The van der Waals surface area contributed by atoms with Gasteiger partial charge in [-0.3, -0.25) is 5.10 Å². The third-order valence-electron chi connectivity index (χ3n) is 4.16. The first-order valence-electron chi connectivity index (χ1n) is 5.84. The highest BCUT2D eigenvalue weighted by Crippen LogP contribution is 2.65. The zero-order chi connectivity index (χ0) is 13.4. The maximum absolute atomic E-state index is 14.2. The number of halogens is 3. The smallest absolute Gasteiger partial charge is 0.195 e. The maximum atomic E-state index is 14.2. The van der Waals surface area contributed by atoms with Gasteiger partial charge in [0.2, 0.25) is 0 Å². The number of rotatable bonds is 1. The number of nitrogens with one attached hydrogen (secondary N) is 1. The van der Waals surface area contributed by atoms with Crippen LogP contribution in [0.2, 0.25) is 5.02 Å². The highest BCUT2D eigenvalue weighted by Gasteiger charge is 2.64. The largest absolute Gasteiger partial charge is 0.303 e. The number of hydrogen-bond acceptors (Lipinski definition) is 2. The monoisotopic (exact) mass is 299 g/mol. The maximum Gasteiger partial charge on any atom is 0.195 e. The average Bonchev–Trinajstić information content (AvgIpc) is 2.83. The molecular weight excluding hydrogens is 292 g/mol. The van der Waals surface area contributed by atoms with Crippen molar-refractivity contribution in [2.24, 2.45) is 0 Å². The molecule has 0 saturated heterocycles. The van der Waals surface area contributed by atoms with Gasteiger partial charge in [0.05, 0.1) is 5.02 Å². The molecule has 1 aromatic heterocycles. The van der Waals surface area contributed by atoms with Crippen LogP contribution >= 0.6 is 23.8 Å². The molecule has 1 aliphatic carbocycles. The van der Waals surface area contributed by atoms with Gasteiger partial charge in [0.1, 0.15) is 17.5 Å². The van der Waals surface area contributed by atoms with E-state index in [2.05, 4.69) is 10.2 Å². The number of aromatic nitrogens is 3. The Balaban J connectivity index is 1.90. The van der Waals surface area contributed by atoms with Gasteiger partial charge in [0.25, 0.3) is 0 Å². The van der Waals surface area contributed by atoms with Crippen molar-refractivity contribution in [3.05, 3.63) is 44.9 Å². The van der Waals surface area contributed by atoms with E-state index in [1.807, 2.05) is 4.57 Å². The molecule has 0 amide bonds. The van der Waals surface area contributed by atoms with Crippen LogP contribution in [-0.4, -0.2) is 14.8 Å². The number of nitrogens with zero attached hydrogens (tertiary/aromatic N) is 2. The van der Waals surface area contributed by atoms with Crippen molar-refractivity contribution < 1.29 is 8.78 Å². The Hall–Kier alpha value is -1.27. The van der Waals surface area contributed by atoms with Crippen molar-refractivity contribution >= 4 is 23.8 Å². The summed E-state index contributed by atoms with van der Waals surface area (Å²) >= 11 is 10.9. The van der Waals surface area contributed by atoms with E-state index in [-0.39, 0.29) is 16.5 Å². The van der Waals surface area contributed by atoms with Crippen LogP contribution in [0.25, 0.3) is 0 Å². The minimum absolute atomic E-state index is 0.0166. The summed E-state index contributed by atoms with van der Waals surface area (Å²) in [5.74, 6) is -0.415. The van der Waals surface area contributed by atoms with E-state index in [0.717, 1.165) is 5.82 Å². The van der Waals surface area contributed by atoms with E-state index in [1.165, 1.54) is 12.1 Å². The Labute approximate surface area is 117 Å². The highest BCUT2D eigenvalue weighted by molar-refractivity contribution is 7.71. The number of benzene rings is 1. The third-order valence-corrected chi connectivity index (χ3v) is 4.76. The van der Waals surface area contributed by atoms with Gasteiger partial charge in [-0.05, 0) is 30.8 Å². The molecule has 19 heavy (non-hydrogen) atoms. The van der Waals surface area contributed by atoms with Crippen LogP contribution in [0.5, 0.6) is 0 Å². The molecule has 3 nitrogen and oxygen atoms in total. The lowest BCUT2D eigenvalue weighted by molar-refractivity contribution is 0.487. The summed E-state index contributed by atoms with van der Waals surface area (Å²) in [6, 6.07) is 2.45. The summed E-state index contributed by atoms with van der Waals surface area (Å²) in [6.45, 7) is 0.455. The molecule has 2 aromatic rings. The first kappa shape index (κ1) is 11.5. The molecule has 1 aliphatic heterocycles. The fourth-order valence-electron chi connectivity index (χ4n) is 3.19. The van der Waals surface area contributed by atoms with Crippen LogP contribution in [0.3, 0.4) is 0 Å². The predicted octanol–water partition coefficient (Wildman–Crippen LogP) is 3.31. The normalized spacial score (nSPS) is 27.2. The fourth-order valence-corrected chi connectivity index (χ4v) is 3.55. The molecule has 1 aromatic carbocycles. The lowest BCUT2D eigenvalue weighted by Crippen LogP contribution is -2.17.